The molecular weight excluding hydrogens is 447 g/mol. The molecule has 1 amide bonds. The van der Waals surface area contributed by atoms with Gasteiger partial charge >= 0.3 is 0 Å². The van der Waals surface area contributed by atoms with E-state index in [1.165, 1.54) is 6.21 Å². The number of hydrogen-bond acceptors (Lipinski definition) is 5. The van der Waals surface area contributed by atoms with E-state index in [0.717, 1.165) is 11.1 Å². The zero-order valence-corrected chi connectivity index (χ0v) is 17.0. The van der Waals surface area contributed by atoms with Gasteiger partial charge in [0.2, 0.25) is 0 Å². The number of nitrogens with zero attached hydrogens (tertiary/aromatic N) is 1. The Morgan fingerprint density at radius 1 is 1.19 bits per heavy atom. The maximum Gasteiger partial charge on any atom is 0.277 e. The number of carbonyl (C=O) groups excluding carboxylic acids is 1. The first-order valence-electron chi connectivity index (χ1n) is 8.07. The molecule has 0 spiro atoms. The number of phenolic OH excluding ortho intramolecular Hbond substituents is 1. The number of nitrogens with one attached hydrogen (secondary N) is 1. The van der Waals surface area contributed by atoms with Crippen LogP contribution in [0.5, 0.6) is 17.2 Å². The lowest BCUT2D eigenvalue weighted by Gasteiger charge is -2.08. The van der Waals surface area contributed by atoms with E-state index >= 15 is 0 Å². The van der Waals surface area contributed by atoms with Crippen LogP contribution in [-0.2, 0) is 4.79 Å². The highest BCUT2D eigenvalue weighted by molar-refractivity contribution is 14.1. The highest BCUT2D eigenvalue weighted by Gasteiger charge is 2.08. The summed E-state index contributed by atoms with van der Waals surface area (Å²) in [6.07, 6.45) is 1.48. The summed E-state index contributed by atoms with van der Waals surface area (Å²) in [6.45, 7) is 6.09. The molecule has 0 aliphatic carbocycles. The predicted molar refractivity (Wildman–Crippen MR) is 109 cm³/mol. The number of rotatable bonds is 7. The van der Waals surface area contributed by atoms with Crippen LogP contribution in [0.4, 0.5) is 0 Å². The van der Waals surface area contributed by atoms with Crippen molar-refractivity contribution in [1.82, 2.24) is 5.43 Å². The quantitative estimate of drug-likeness (QED) is 0.370. The van der Waals surface area contributed by atoms with Crippen LogP contribution in [0.25, 0.3) is 0 Å². The molecule has 6 nitrogen and oxygen atoms in total. The first kappa shape index (κ1) is 20.0. The molecule has 0 saturated carbocycles. The Morgan fingerprint density at radius 3 is 2.54 bits per heavy atom. The molecule has 0 fully saturated rings. The zero-order valence-electron chi connectivity index (χ0n) is 14.9. The Morgan fingerprint density at radius 2 is 1.88 bits per heavy atom. The number of hydrazone groups is 1. The van der Waals surface area contributed by atoms with E-state index in [9.17, 15) is 9.90 Å². The van der Waals surface area contributed by atoms with Gasteiger partial charge in [0.15, 0.2) is 18.1 Å². The van der Waals surface area contributed by atoms with Gasteiger partial charge in [0.1, 0.15) is 5.75 Å². The minimum atomic E-state index is -0.362. The molecule has 0 saturated heterocycles. The van der Waals surface area contributed by atoms with Gasteiger partial charge < -0.3 is 14.6 Å². The van der Waals surface area contributed by atoms with Crippen LogP contribution in [0, 0.1) is 17.4 Å². The average Bonchev–Trinajstić information content (AvgIpc) is 2.57. The van der Waals surface area contributed by atoms with E-state index in [-0.39, 0.29) is 18.3 Å². The van der Waals surface area contributed by atoms with Gasteiger partial charge in [0.25, 0.3) is 5.91 Å². The summed E-state index contributed by atoms with van der Waals surface area (Å²) in [5, 5.41) is 13.8. The number of carbonyl (C=O) groups is 1. The SMILES string of the molecule is CCOc1cc(/C=N/NC(=O)COc2cc(C)cc(C)c2)cc(I)c1O. The first-order chi connectivity index (χ1) is 12.4. The summed E-state index contributed by atoms with van der Waals surface area (Å²) in [7, 11) is 0. The second kappa shape index (κ2) is 9.42. The minimum Gasteiger partial charge on any atom is -0.504 e. The molecule has 0 atom stereocenters. The van der Waals surface area contributed by atoms with Crippen LogP contribution in [0.2, 0.25) is 0 Å². The fourth-order valence-electron chi connectivity index (χ4n) is 2.31. The van der Waals surface area contributed by atoms with E-state index in [2.05, 4.69) is 10.5 Å². The van der Waals surface area contributed by atoms with E-state index in [1.807, 2.05) is 61.6 Å². The molecule has 2 aromatic rings. The third-order valence-electron chi connectivity index (χ3n) is 3.32. The van der Waals surface area contributed by atoms with Crippen LogP contribution in [-0.4, -0.2) is 30.4 Å². The summed E-state index contributed by atoms with van der Waals surface area (Å²) >= 11 is 2.01. The van der Waals surface area contributed by atoms with E-state index in [0.29, 0.717) is 27.2 Å². The summed E-state index contributed by atoms with van der Waals surface area (Å²) in [5.41, 5.74) is 5.27. The van der Waals surface area contributed by atoms with Crippen molar-refractivity contribution in [1.29, 1.82) is 0 Å². The maximum atomic E-state index is 11.9. The van der Waals surface area contributed by atoms with E-state index < -0.39 is 0 Å². The lowest BCUT2D eigenvalue weighted by atomic mass is 10.1. The van der Waals surface area contributed by atoms with Crippen molar-refractivity contribution in [3.05, 3.63) is 50.6 Å². The fourth-order valence-corrected chi connectivity index (χ4v) is 2.94. The molecule has 0 aliphatic rings. The van der Waals surface area contributed by atoms with Crippen molar-refractivity contribution in [2.24, 2.45) is 5.10 Å². The molecule has 0 heterocycles. The van der Waals surface area contributed by atoms with Gasteiger partial charge in [-0.25, -0.2) is 5.43 Å². The molecule has 7 heteroatoms. The fraction of sp³-hybridized carbons (Fsp3) is 0.263. The average molecular weight is 468 g/mol. The second-order valence-electron chi connectivity index (χ2n) is 5.69. The van der Waals surface area contributed by atoms with Crippen LogP contribution in [0.1, 0.15) is 23.6 Å². The molecular formula is C19H21IN2O4. The molecule has 2 N–H and O–H groups in total. The van der Waals surface area contributed by atoms with Crippen LogP contribution >= 0.6 is 22.6 Å². The van der Waals surface area contributed by atoms with E-state index in [1.54, 1.807) is 12.1 Å². The third kappa shape index (κ3) is 5.91. The Balaban J connectivity index is 1.92. The third-order valence-corrected chi connectivity index (χ3v) is 4.14. The number of ether oxygens (including phenoxy) is 2. The number of amides is 1. The molecule has 26 heavy (non-hydrogen) atoms. The molecule has 0 radical (unpaired) electrons. The smallest absolute Gasteiger partial charge is 0.277 e. The number of halogens is 1. The molecule has 138 valence electrons. The van der Waals surface area contributed by atoms with Gasteiger partial charge in [0.05, 0.1) is 16.4 Å². The van der Waals surface area contributed by atoms with Gasteiger partial charge in [-0.15, -0.1) is 0 Å². The first-order valence-corrected chi connectivity index (χ1v) is 9.15. The second-order valence-corrected chi connectivity index (χ2v) is 6.85. The highest BCUT2D eigenvalue weighted by Crippen LogP contribution is 2.32. The van der Waals surface area contributed by atoms with Crippen LogP contribution in [0.15, 0.2) is 35.4 Å². The summed E-state index contributed by atoms with van der Waals surface area (Å²) in [6, 6.07) is 9.17. The molecule has 0 bridgehead atoms. The monoisotopic (exact) mass is 468 g/mol. The largest absolute Gasteiger partial charge is 0.504 e. The lowest BCUT2D eigenvalue weighted by Crippen LogP contribution is -2.24. The Hall–Kier alpha value is -2.29. The molecule has 2 rings (SSSR count). The number of aryl methyl sites for hydroxylation is 2. The van der Waals surface area contributed by atoms with Crippen molar-refractivity contribution >= 4 is 34.7 Å². The minimum absolute atomic E-state index is 0.0930. The number of hydrogen-bond donors (Lipinski definition) is 2. The van der Waals surface area contributed by atoms with Crippen molar-refractivity contribution in [3.8, 4) is 17.2 Å². The topological polar surface area (TPSA) is 80.2 Å². The molecule has 0 unspecified atom stereocenters. The van der Waals surface area contributed by atoms with Crippen molar-refractivity contribution in [2.75, 3.05) is 13.2 Å². The highest BCUT2D eigenvalue weighted by atomic mass is 127. The molecule has 2 aromatic carbocycles. The maximum absolute atomic E-state index is 11.9. The molecule has 0 aromatic heterocycles. The number of benzene rings is 2. The van der Waals surface area contributed by atoms with Gasteiger partial charge in [-0.05, 0) is 84.3 Å². The Bertz CT molecular complexity index is 801. The lowest BCUT2D eigenvalue weighted by molar-refractivity contribution is -0.123. The Labute approximate surface area is 166 Å². The van der Waals surface area contributed by atoms with Crippen molar-refractivity contribution < 1.29 is 19.4 Å². The standard InChI is InChI=1S/C19H21IN2O4/c1-4-25-17-9-14(8-16(20)19(17)24)10-21-22-18(23)11-26-15-6-12(2)5-13(3)7-15/h5-10,24H,4,11H2,1-3H3,(H,22,23)/b21-10+. The van der Waals surface area contributed by atoms with Gasteiger partial charge in [0, 0.05) is 0 Å². The van der Waals surface area contributed by atoms with Crippen molar-refractivity contribution in [3.63, 3.8) is 0 Å². The summed E-state index contributed by atoms with van der Waals surface area (Å²) in [5.74, 6) is 0.760. The van der Waals surface area contributed by atoms with E-state index in [4.69, 9.17) is 9.47 Å². The van der Waals surface area contributed by atoms with Gasteiger partial charge in [-0.1, -0.05) is 6.07 Å². The van der Waals surface area contributed by atoms with Gasteiger partial charge in [-0.2, -0.15) is 5.10 Å². The predicted octanol–water partition coefficient (Wildman–Crippen LogP) is 3.54. The Kier molecular flexibility index (Phi) is 7.26. The van der Waals surface area contributed by atoms with Crippen molar-refractivity contribution in [2.45, 2.75) is 20.8 Å². The number of phenols is 1. The van der Waals surface area contributed by atoms with Gasteiger partial charge in [-0.3, -0.25) is 4.79 Å². The van der Waals surface area contributed by atoms with Crippen LogP contribution < -0.4 is 14.9 Å². The normalized spacial score (nSPS) is 10.8. The molecule has 0 aliphatic heterocycles. The summed E-state index contributed by atoms with van der Waals surface area (Å²) < 4.78 is 11.5. The van der Waals surface area contributed by atoms with Crippen LogP contribution in [0.3, 0.4) is 0 Å². The zero-order chi connectivity index (χ0) is 19.1. The number of aromatic hydroxyl groups is 1. The summed E-state index contributed by atoms with van der Waals surface area (Å²) in [4.78, 5) is 11.9.